The van der Waals surface area contributed by atoms with Gasteiger partial charge in [-0.25, -0.2) is 14.5 Å². The maximum absolute atomic E-state index is 5.23. The molecule has 27 heavy (non-hydrogen) atoms. The van der Waals surface area contributed by atoms with Gasteiger partial charge in [0.2, 0.25) is 11.7 Å². The highest BCUT2D eigenvalue weighted by Crippen LogP contribution is 2.25. The molecule has 0 bridgehead atoms. The first-order valence-corrected chi connectivity index (χ1v) is 9.13. The van der Waals surface area contributed by atoms with Crippen LogP contribution in [0.25, 0.3) is 17.0 Å². The number of methoxy groups -OCH3 is 1. The molecule has 136 valence electrons. The van der Waals surface area contributed by atoms with E-state index in [9.17, 15) is 0 Å². The van der Waals surface area contributed by atoms with Gasteiger partial charge in [-0.3, -0.25) is 4.98 Å². The van der Waals surface area contributed by atoms with E-state index in [4.69, 9.17) is 9.72 Å². The van der Waals surface area contributed by atoms with Crippen molar-refractivity contribution in [3.8, 4) is 17.4 Å². The van der Waals surface area contributed by atoms with Crippen LogP contribution in [-0.4, -0.2) is 31.7 Å². The number of aromatic nitrogens is 5. The van der Waals surface area contributed by atoms with Crippen molar-refractivity contribution in [1.29, 1.82) is 0 Å². The molecule has 4 heterocycles. The lowest BCUT2D eigenvalue weighted by molar-refractivity contribution is 0.398. The Labute approximate surface area is 159 Å². The zero-order valence-electron chi connectivity index (χ0n) is 15.0. The molecule has 0 radical (unpaired) electrons. The summed E-state index contributed by atoms with van der Waals surface area (Å²) in [5, 5.41) is 9.00. The average Bonchev–Trinajstić information content (AvgIpc) is 3.13. The molecule has 8 heteroatoms. The molecular weight excluding hydrogens is 359 g/mol. The van der Waals surface area contributed by atoms with E-state index in [1.807, 2.05) is 28.9 Å². The van der Waals surface area contributed by atoms with E-state index >= 15 is 0 Å². The van der Waals surface area contributed by atoms with Crippen LogP contribution in [0, 0.1) is 0 Å². The van der Waals surface area contributed by atoms with E-state index in [1.54, 1.807) is 25.6 Å². The van der Waals surface area contributed by atoms with Crippen molar-refractivity contribution >= 4 is 31.6 Å². The van der Waals surface area contributed by atoms with E-state index in [2.05, 4.69) is 42.6 Å². The van der Waals surface area contributed by atoms with Crippen LogP contribution < -0.4 is 15.4 Å². The first-order valence-electron chi connectivity index (χ1n) is 8.55. The summed E-state index contributed by atoms with van der Waals surface area (Å²) in [7, 11) is 4.27. The standard InChI is InChI=1S/C19H19N6OP/c1-3-12-9-15-19(22-13-7-8-20-10-16(13)27)23-18(24-25(15)11-12)14-5-4-6-17(21-14)26-2/h4-11H,3,27H2,1-2H3,(H,20,22,23,24). The van der Waals surface area contributed by atoms with Crippen LogP contribution in [0.5, 0.6) is 5.88 Å². The fourth-order valence-electron chi connectivity index (χ4n) is 2.75. The molecule has 0 saturated carbocycles. The quantitative estimate of drug-likeness (QED) is 0.538. The molecule has 0 fully saturated rings. The minimum absolute atomic E-state index is 0.515. The first kappa shape index (κ1) is 17.4. The molecule has 0 aliphatic rings. The fraction of sp³-hybridized carbons (Fsp3) is 0.158. The molecule has 4 aromatic rings. The third-order valence-corrected chi connectivity index (χ3v) is 4.65. The summed E-state index contributed by atoms with van der Waals surface area (Å²) in [6, 6.07) is 9.54. The molecule has 1 unspecified atom stereocenters. The predicted molar refractivity (Wildman–Crippen MR) is 109 cm³/mol. The van der Waals surface area contributed by atoms with Crippen molar-refractivity contribution in [2.45, 2.75) is 13.3 Å². The van der Waals surface area contributed by atoms with Gasteiger partial charge in [0.15, 0.2) is 5.82 Å². The molecule has 4 aromatic heterocycles. The second kappa shape index (κ2) is 7.29. The van der Waals surface area contributed by atoms with E-state index < -0.39 is 0 Å². The summed E-state index contributed by atoms with van der Waals surface area (Å²) in [4.78, 5) is 13.3. The van der Waals surface area contributed by atoms with Crippen LogP contribution in [-0.2, 0) is 6.42 Å². The number of nitrogens with zero attached hydrogens (tertiary/aromatic N) is 5. The monoisotopic (exact) mass is 378 g/mol. The smallest absolute Gasteiger partial charge is 0.213 e. The van der Waals surface area contributed by atoms with Gasteiger partial charge in [0, 0.05) is 35.6 Å². The van der Waals surface area contributed by atoms with Crippen molar-refractivity contribution < 1.29 is 4.74 Å². The number of aryl methyl sites for hydroxylation is 1. The Morgan fingerprint density at radius 1 is 1.22 bits per heavy atom. The molecule has 0 saturated heterocycles. The van der Waals surface area contributed by atoms with Crippen LogP contribution in [0.3, 0.4) is 0 Å². The maximum atomic E-state index is 5.23. The lowest BCUT2D eigenvalue weighted by atomic mass is 10.2. The first-order chi connectivity index (χ1) is 13.2. The average molecular weight is 378 g/mol. The molecular formula is C19H19N6OP. The maximum Gasteiger partial charge on any atom is 0.213 e. The molecule has 1 atom stereocenters. The molecule has 1 N–H and O–H groups in total. The highest BCUT2D eigenvalue weighted by molar-refractivity contribution is 7.28. The molecule has 0 amide bonds. The van der Waals surface area contributed by atoms with Crippen molar-refractivity contribution in [1.82, 2.24) is 24.6 Å². The number of hydrogen-bond acceptors (Lipinski definition) is 6. The van der Waals surface area contributed by atoms with Crippen LogP contribution in [0.4, 0.5) is 11.5 Å². The summed E-state index contributed by atoms with van der Waals surface area (Å²) >= 11 is 0. The summed E-state index contributed by atoms with van der Waals surface area (Å²) in [5.41, 5.74) is 3.65. The van der Waals surface area contributed by atoms with E-state index in [0.29, 0.717) is 23.2 Å². The van der Waals surface area contributed by atoms with E-state index in [-0.39, 0.29) is 0 Å². The SMILES string of the molecule is CCc1cc2c(Nc3ccncc3P)nc(-c3cccc(OC)n3)nn2c1. The Bertz CT molecular complexity index is 1110. The van der Waals surface area contributed by atoms with Gasteiger partial charge in [-0.2, -0.15) is 0 Å². The van der Waals surface area contributed by atoms with Gasteiger partial charge in [-0.05, 0) is 30.2 Å². The Kier molecular flexibility index (Phi) is 4.69. The fourth-order valence-corrected chi connectivity index (χ4v) is 3.00. The second-order valence-electron chi connectivity index (χ2n) is 5.97. The van der Waals surface area contributed by atoms with E-state index in [0.717, 1.165) is 22.9 Å². The van der Waals surface area contributed by atoms with Gasteiger partial charge in [-0.15, -0.1) is 14.3 Å². The van der Waals surface area contributed by atoms with E-state index in [1.165, 1.54) is 5.56 Å². The summed E-state index contributed by atoms with van der Waals surface area (Å²) < 4.78 is 7.07. The third-order valence-electron chi connectivity index (χ3n) is 4.19. The number of nitrogens with one attached hydrogen (secondary N) is 1. The molecule has 4 rings (SSSR count). The second-order valence-corrected chi connectivity index (χ2v) is 6.59. The number of pyridine rings is 2. The predicted octanol–water partition coefficient (Wildman–Crippen LogP) is 3.00. The highest BCUT2D eigenvalue weighted by atomic mass is 31.0. The van der Waals surface area contributed by atoms with Crippen LogP contribution >= 0.6 is 9.24 Å². The summed E-state index contributed by atoms with van der Waals surface area (Å²) in [6.45, 7) is 2.11. The van der Waals surface area contributed by atoms with Gasteiger partial charge in [0.25, 0.3) is 0 Å². The van der Waals surface area contributed by atoms with Crippen LogP contribution in [0.2, 0.25) is 0 Å². The summed E-state index contributed by atoms with van der Waals surface area (Å²) in [5.74, 6) is 1.74. The lowest BCUT2D eigenvalue weighted by Gasteiger charge is -2.11. The Hall–Kier alpha value is -3.05. The normalized spacial score (nSPS) is 10.9. The number of hydrogen-bond donors (Lipinski definition) is 1. The molecule has 0 aliphatic heterocycles. The zero-order valence-corrected chi connectivity index (χ0v) is 16.2. The molecule has 7 nitrogen and oxygen atoms in total. The largest absolute Gasteiger partial charge is 0.481 e. The van der Waals surface area contributed by atoms with Gasteiger partial charge >= 0.3 is 0 Å². The minimum atomic E-state index is 0.515. The molecule has 0 spiro atoms. The Morgan fingerprint density at radius 2 is 2.11 bits per heavy atom. The number of anilines is 2. The molecule has 0 aliphatic carbocycles. The lowest BCUT2D eigenvalue weighted by Crippen LogP contribution is -2.08. The Morgan fingerprint density at radius 3 is 2.89 bits per heavy atom. The van der Waals surface area contributed by atoms with Crippen molar-refractivity contribution in [3.05, 3.63) is 54.5 Å². The van der Waals surface area contributed by atoms with Gasteiger partial charge in [-0.1, -0.05) is 13.0 Å². The topological polar surface area (TPSA) is 77.2 Å². The zero-order chi connectivity index (χ0) is 18.8. The minimum Gasteiger partial charge on any atom is -0.481 e. The molecule has 0 aromatic carbocycles. The van der Waals surface area contributed by atoms with Crippen molar-refractivity contribution in [2.75, 3.05) is 12.4 Å². The van der Waals surface area contributed by atoms with Crippen LogP contribution in [0.15, 0.2) is 48.9 Å². The highest BCUT2D eigenvalue weighted by Gasteiger charge is 2.13. The van der Waals surface area contributed by atoms with Gasteiger partial charge in [0.1, 0.15) is 11.2 Å². The number of fused-ring (bicyclic) bond motifs is 1. The number of ether oxygens (including phenoxy) is 1. The van der Waals surface area contributed by atoms with Crippen LogP contribution in [0.1, 0.15) is 12.5 Å². The van der Waals surface area contributed by atoms with Crippen molar-refractivity contribution in [2.24, 2.45) is 0 Å². The van der Waals surface area contributed by atoms with Gasteiger partial charge < -0.3 is 10.1 Å². The number of rotatable bonds is 5. The van der Waals surface area contributed by atoms with Crippen molar-refractivity contribution in [3.63, 3.8) is 0 Å². The summed E-state index contributed by atoms with van der Waals surface area (Å²) in [6.07, 6.45) is 6.46. The van der Waals surface area contributed by atoms with Gasteiger partial charge in [0.05, 0.1) is 7.11 Å². The Balaban J connectivity index is 1.87. The third kappa shape index (κ3) is 3.46.